The number of aryl methyl sites for hydroxylation is 1. The lowest BCUT2D eigenvalue weighted by atomic mass is 9.98. The maximum absolute atomic E-state index is 14.0. The first kappa shape index (κ1) is 28.1. The van der Waals surface area contributed by atoms with Gasteiger partial charge in [0.25, 0.3) is 5.91 Å². The molecule has 2 N–H and O–H groups in total. The van der Waals surface area contributed by atoms with Crippen LogP contribution in [0.1, 0.15) is 46.5 Å². The Morgan fingerprint density at radius 1 is 1.02 bits per heavy atom. The van der Waals surface area contributed by atoms with Crippen LogP contribution in [0.4, 0.5) is 23.4 Å². The van der Waals surface area contributed by atoms with Crippen molar-refractivity contribution in [1.29, 1.82) is 0 Å². The minimum Gasteiger partial charge on any atom is -0.460 e. The minimum absolute atomic E-state index is 0.0470. The van der Waals surface area contributed by atoms with Gasteiger partial charge in [-0.3, -0.25) is 9.59 Å². The third-order valence-corrected chi connectivity index (χ3v) is 7.04. The lowest BCUT2D eigenvalue weighted by Gasteiger charge is -2.28. The number of halogens is 4. The van der Waals surface area contributed by atoms with Crippen LogP contribution in [0, 0.1) is 0 Å². The van der Waals surface area contributed by atoms with Crippen LogP contribution in [0.3, 0.4) is 0 Å². The van der Waals surface area contributed by atoms with E-state index in [1.807, 2.05) is 0 Å². The predicted molar refractivity (Wildman–Crippen MR) is 148 cm³/mol. The lowest BCUT2D eigenvalue weighted by Crippen LogP contribution is -2.39. The number of carbonyl (C=O) groups excluding carboxylic acids is 2. The molecule has 0 spiro atoms. The molecule has 1 aliphatic heterocycles. The molecule has 0 saturated carbocycles. The summed E-state index contributed by atoms with van der Waals surface area (Å²) in [5, 5.41) is 0.259. The van der Waals surface area contributed by atoms with Gasteiger partial charge in [-0.1, -0.05) is 12.1 Å². The van der Waals surface area contributed by atoms with Gasteiger partial charge in [0.1, 0.15) is 23.3 Å². The van der Waals surface area contributed by atoms with Crippen molar-refractivity contribution in [2.75, 3.05) is 18.8 Å². The molecule has 5 rings (SSSR count). The molecular weight excluding hydrogens is 538 g/mol. The van der Waals surface area contributed by atoms with E-state index in [0.29, 0.717) is 54.0 Å². The van der Waals surface area contributed by atoms with E-state index in [2.05, 4.69) is 4.98 Å². The molecule has 1 saturated heterocycles. The van der Waals surface area contributed by atoms with Gasteiger partial charge < -0.3 is 15.1 Å². The fraction of sp³-hybridized carbons (Fsp3) is 0.258. The highest BCUT2D eigenvalue weighted by atomic mass is 19.4. The fourth-order valence-electron chi connectivity index (χ4n) is 4.78. The third-order valence-electron chi connectivity index (χ3n) is 7.04. The summed E-state index contributed by atoms with van der Waals surface area (Å²) in [5.41, 5.74) is 6.22. The Bertz CT molecular complexity index is 1580. The summed E-state index contributed by atoms with van der Waals surface area (Å²) in [7, 11) is 0. The number of amides is 1. The number of anilines is 1. The summed E-state index contributed by atoms with van der Waals surface area (Å²) >= 11 is 0. The number of hydrogen-bond acceptors (Lipinski definition) is 5. The van der Waals surface area contributed by atoms with Crippen molar-refractivity contribution in [2.24, 2.45) is 0 Å². The van der Waals surface area contributed by atoms with Crippen molar-refractivity contribution in [3.05, 3.63) is 89.3 Å². The number of nitrogens with two attached hydrogens (primary N) is 1. The summed E-state index contributed by atoms with van der Waals surface area (Å²) < 4.78 is 61.0. The van der Waals surface area contributed by atoms with Crippen molar-refractivity contribution in [3.8, 4) is 11.1 Å². The summed E-state index contributed by atoms with van der Waals surface area (Å²) in [4.78, 5) is 30.6. The molecule has 41 heavy (non-hydrogen) atoms. The van der Waals surface area contributed by atoms with Gasteiger partial charge in [-0.25, -0.2) is 9.37 Å². The number of benzene rings is 2. The van der Waals surface area contributed by atoms with Crippen LogP contribution in [-0.2, 0) is 17.4 Å². The highest BCUT2D eigenvalue weighted by Gasteiger charge is 2.35. The van der Waals surface area contributed by atoms with Crippen LogP contribution in [0.25, 0.3) is 28.2 Å². The summed E-state index contributed by atoms with van der Waals surface area (Å²) in [6, 6.07) is 13.8. The Hall–Kier alpha value is -4.47. The molecule has 10 heteroatoms. The third kappa shape index (κ3) is 6.65. The number of hydrogen-bond donors (Lipinski definition) is 1. The van der Waals surface area contributed by atoms with Gasteiger partial charge >= 0.3 is 6.18 Å². The molecule has 1 aliphatic rings. The van der Waals surface area contributed by atoms with Gasteiger partial charge in [0.05, 0.1) is 5.56 Å². The van der Waals surface area contributed by atoms with E-state index in [1.165, 1.54) is 18.3 Å². The fourth-order valence-corrected chi connectivity index (χ4v) is 4.78. The standard InChI is InChI=1S/C31H27F4N3O3/c32-24-11-13-38(14-12-24)30(40)21-5-3-20(4-6-21)22-15-23-16-26(41-29(23)27(17-22)31(33,34)35)9-8-25(39)7-1-19-2-10-28(36)37-18-19/h1-7,10,15-18,24H,8-9,11-14H2,(H2,36,37)/b7-1+. The van der Waals surface area contributed by atoms with Gasteiger partial charge in [0, 0.05) is 43.1 Å². The molecule has 2 aromatic carbocycles. The Balaban J connectivity index is 1.34. The number of nitrogen functional groups attached to an aromatic ring is 1. The molecule has 0 atom stereocenters. The SMILES string of the molecule is Nc1ccc(/C=C/C(=O)CCc2cc3cc(-c4ccc(C(=O)N5CCC(F)CC5)cc4)cc(C(F)(F)F)c3o2)cn1. The maximum atomic E-state index is 14.0. The summed E-state index contributed by atoms with van der Waals surface area (Å²) in [6.07, 6.45) is -0.320. The monoisotopic (exact) mass is 565 g/mol. The smallest absolute Gasteiger partial charge is 0.420 e. The van der Waals surface area contributed by atoms with Crippen molar-refractivity contribution in [1.82, 2.24) is 9.88 Å². The van der Waals surface area contributed by atoms with Gasteiger partial charge in [-0.05, 0) is 84.1 Å². The molecule has 0 unspecified atom stereocenters. The van der Waals surface area contributed by atoms with Crippen LogP contribution in [0.5, 0.6) is 0 Å². The number of aromatic nitrogens is 1. The second-order valence-corrected chi connectivity index (χ2v) is 10.0. The van der Waals surface area contributed by atoms with Gasteiger partial charge in [0.2, 0.25) is 0 Å². The number of ketones is 1. The zero-order valence-electron chi connectivity index (χ0n) is 22.0. The molecule has 0 radical (unpaired) electrons. The van der Waals surface area contributed by atoms with E-state index < -0.39 is 17.9 Å². The van der Waals surface area contributed by atoms with E-state index in [-0.39, 0.29) is 41.3 Å². The Kier molecular flexibility index (Phi) is 7.92. The first-order valence-electron chi connectivity index (χ1n) is 13.2. The van der Waals surface area contributed by atoms with Crippen LogP contribution in [-0.4, -0.2) is 40.8 Å². The molecule has 3 heterocycles. The van der Waals surface area contributed by atoms with Gasteiger partial charge in [0.15, 0.2) is 5.78 Å². The zero-order valence-corrected chi connectivity index (χ0v) is 22.0. The van der Waals surface area contributed by atoms with Crippen LogP contribution in [0.2, 0.25) is 0 Å². The molecule has 1 fully saturated rings. The highest BCUT2D eigenvalue weighted by Crippen LogP contribution is 2.39. The Labute approximate surface area is 233 Å². The van der Waals surface area contributed by atoms with Crippen LogP contribution < -0.4 is 5.73 Å². The molecule has 1 amide bonds. The number of carbonyl (C=O) groups is 2. The average Bonchev–Trinajstić information content (AvgIpc) is 3.38. The number of piperidine rings is 1. The van der Waals surface area contributed by atoms with E-state index >= 15 is 0 Å². The first-order chi connectivity index (χ1) is 19.6. The molecule has 212 valence electrons. The first-order valence-corrected chi connectivity index (χ1v) is 13.2. The number of allylic oxidation sites excluding steroid dienone is 1. The molecular formula is C31H27F4N3O3. The summed E-state index contributed by atoms with van der Waals surface area (Å²) in [6.45, 7) is 0.663. The average molecular weight is 566 g/mol. The number of rotatable bonds is 7. The lowest BCUT2D eigenvalue weighted by molar-refractivity contribution is -0.136. The number of furan rings is 1. The zero-order chi connectivity index (χ0) is 29.1. The highest BCUT2D eigenvalue weighted by molar-refractivity contribution is 5.95. The van der Waals surface area contributed by atoms with Crippen molar-refractivity contribution in [2.45, 2.75) is 38.0 Å². The topological polar surface area (TPSA) is 89.4 Å². The van der Waals surface area contributed by atoms with Crippen molar-refractivity contribution >= 4 is 34.6 Å². The molecule has 4 aromatic rings. The molecule has 0 aliphatic carbocycles. The molecule has 6 nitrogen and oxygen atoms in total. The van der Waals surface area contributed by atoms with E-state index in [4.69, 9.17) is 10.2 Å². The van der Waals surface area contributed by atoms with Gasteiger partial charge in [-0.2, -0.15) is 13.2 Å². The van der Waals surface area contributed by atoms with Crippen molar-refractivity contribution in [3.63, 3.8) is 0 Å². The predicted octanol–water partition coefficient (Wildman–Crippen LogP) is 6.89. The Morgan fingerprint density at radius 3 is 2.41 bits per heavy atom. The second kappa shape index (κ2) is 11.6. The second-order valence-electron chi connectivity index (χ2n) is 10.0. The summed E-state index contributed by atoms with van der Waals surface area (Å²) in [5.74, 6) is 0.168. The number of alkyl halides is 4. The van der Waals surface area contributed by atoms with E-state index in [1.54, 1.807) is 53.4 Å². The quantitative estimate of drug-likeness (QED) is 0.195. The van der Waals surface area contributed by atoms with Crippen LogP contribution >= 0.6 is 0 Å². The number of fused-ring (bicyclic) bond motifs is 1. The normalized spacial score (nSPS) is 14.7. The number of likely N-dealkylation sites (tertiary alicyclic amines) is 1. The minimum atomic E-state index is -4.67. The largest absolute Gasteiger partial charge is 0.460 e. The van der Waals surface area contributed by atoms with Crippen molar-refractivity contribution < 1.29 is 31.6 Å². The molecule has 0 bridgehead atoms. The maximum Gasteiger partial charge on any atom is 0.420 e. The Morgan fingerprint density at radius 2 is 1.76 bits per heavy atom. The number of nitrogens with zero attached hydrogens (tertiary/aromatic N) is 2. The van der Waals surface area contributed by atoms with Crippen LogP contribution in [0.15, 0.2) is 71.3 Å². The van der Waals surface area contributed by atoms with E-state index in [9.17, 15) is 27.2 Å². The molecule has 2 aromatic heterocycles. The number of pyridine rings is 1. The van der Waals surface area contributed by atoms with Gasteiger partial charge in [-0.15, -0.1) is 0 Å². The van der Waals surface area contributed by atoms with E-state index in [0.717, 1.165) is 6.07 Å².